The SMILES string of the molecule is COCCOC(=O)C1C(C)=NC(=O)NC1c1ccc(F)c(Br)c1. The molecule has 0 fully saturated rings. The number of carbonyl (C=O) groups excluding carboxylic acids is 2. The zero-order valence-corrected chi connectivity index (χ0v) is 14.2. The molecule has 0 radical (unpaired) electrons. The number of aliphatic imine (C=N–C) groups is 1. The van der Waals surface area contributed by atoms with E-state index >= 15 is 0 Å². The molecule has 124 valence electrons. The molecular weight excluding hydrogens is 371 g/mol. The molecule has 0 bridgehead atoms. The Morgan fingerprint density at radius 1 is 1.43 bits per heavy atom. The molecule has 2 atom stereocenters. The van der Waals surface area contributed by atoms with Gasteiger partial charge in [0.25, 0.3) is 0 Å². The van der Waals surface area contributed by atoms with E-state index in [9.17, 15) is 14.0 Å². The Labute approximate surface area is 141 Å². The zero-order valence-electron chi connectivity index (χ0n) is 12.6. The zero-order chi connectivity index (χ0) is 17.0. The number of nitrogens with zero attached hydrogens (tertiary/aromatic N) is 1. The Hall–Kier alpha value is -1.80. The highest BCUT2D eigenvalue weighted by atomic mass is 79.9. The Morgan fingerprint density at radius 2 is 2.17 bits per heavy atom. The first-order valence-electron chi connectivity index (χ1n) is 6.90. The van der Waals surface area contributed by atoms with E-state index in [4.69, 9.17) is 9.47 Å². The molecule has 2 rings (SSSR count). The van der Waals surface area contributed by atoms with Gasteiger partial charge >= 0.3 is 12.0 Å². The van der Waals surface area contributed by atoms with Crippen LogP contribution in [0.3, 0.4) is 0 Å². The minimum Gasteiger partial charge on any atom is -0.463 e. The van der Waals surface area contributed by atoms with Crippen LogP contribution in [0.2, 0.25) is 0 Å². The fraction of sp³-hybridized carbons (Fsp3) is 0.400. The normalized spacial score (nSPS) is 20.7. The second-order valence-electron chi connectivity index (χ2n) is 4.99. The Balaban J connectivity index is 2.30. The Bertz CT molecular complexity index is 650. The van der Waals surface area contributed by atoms with Gasteiger partial charge in [-0.1, -0.05) is 6.07 Å². The van der Waals surface area contributed by atoms with E-state index in [-0.39, 0.29) is 17.7 Å². The molecule has 0 aromatic heterocycles. The van der Waals surface area contributed by atoms with E-state index in [2.05, 4.69) is 26.2 Å². The molecule has 0 aliphatic carbocycles. The summed E-state index contributed by atoms with van der Waals surface area (Å²) in [5.41, 5.74) is 0.927. The molecule has 0 spiro atoms. The van der Waals surface area contributed by atoms with Crippen LogP contribution in [0.25, 0.3) is 0 Å². The molecule has 23 heavy (non-hydrogen) atoms. The summed E-state index contributed by atoms with van der Waals surface area (Å²) < 4.78 is 23.7. The molecule has 1 aliphatic heterocycles. The molecule has 0 saturated carbocycles. The van der Waals surface area contributed by atoms with Crippen LogP contribution < -0.4 is 5.32 Å². The summed E-state index contributed by atoms with van der Waals surface area (Å²) in [7, 11) is 1.50. The Morgan fingerprint density at radius 3 is 2.83 bits per heavy atom. The molecule has 1 aromatic carbocycles. The van der Waals surface area contributed by atoms with Crippen LogP contribution in [0.15, 0.2) is 27.7 Å². The van der Waals surface area contributed by atoms with Gasteiger partial charge < -0.3 is 14.8 Å². The van der Waals surface area contributed by atoms with Crippen LogP contribution in [0.5, 0.6) is 0 Å². The number of urea groups is 1. The number of nitrogens with one attached hydrogen (secondary N) is 1. The van der Waals surface area contributed by atoms with E-state index in [1.807, 2.05) is 0 Å². The van der Waals surface area contributed by atoms with E-state index in [0.717, 1.165) is 0 Å². The van der Waals surface area contributed by atoms with Crippen molar-refractivity contribution in [1.29, 1.82) is 0 Å². The third-order valence-electron chi connectivity index (χ3n) is 3.43. The lowest BCUT2D eigenvalue weighted by Gasteiger charge is -2.29. The molecule has 2 amide bonds. The van der Waals surface area contributed by atoms with Gasteiger partial charge in [-0.25, -0.2) is 14.2 Å². The summed E-state index contributed by atoms with van der Waals surface area (Å²) >= 11 is 3.10. The molecule has 1 heterocycles. The van der Waals surface area contributed by atoms with Gasteiger partial charge in [0, 0.05) is 12.8 Å². The van der Waals surface area contributed by atoms with Gasteiger partial charge in [-0.05, 0) is 40.5 Å². The fourth-order valence-corrected chi connectivity index (χ4v) is 2.72. The number of methoxy groups -OCH3 is 1. The van der Waals surface area contributed by atoms with Crippen molar-refractivity contribution in [3.05, 3.63) is 34.1 Å². The van der Waals surface area contributed by atoms with Crippen molar-refractivity contribution in [2.75, 3.05) is 20.3 Å². The highest BCUT2D eigenvalue weighted by Gasteiger charge is 2.38. The summed E-state index contributed by atoms with van der Waals surface area (Å²) in [6, 6.07) is 3.08. The molecule has 1 aromatic rings. The predicted octanol–water partition coefficient (Wildman–Crippen LogP) is 2.62. The van der Waals surface area contributed by atoms with Crippen molar-refractivity contribution in [1.82, 2.24) is 5.32 Å². The van der Waals surface area contributed by atoms with Crippen LogP contribution in [0.4, 0.5) is 9.18 Å². The quantitative estimate of drug-likeness (QED) is 0.623. The van der Waals surface area contributed by atoms with Crippen molar-refractivity contribution in [2.45, 2.75) is 13.0 Å². The molecule has 0 saturated heterocycles. The van der Waals surface area contributed by atoms with E-state index in [1.165, 1.54) is 25.3 Å². The number of rotatable bonds is 5. The van der Waals surface area contributed by atoms with Crippen molar-refractivity contribution in [3.63, 3.8) is 0 Å². The number of amides is 2. The van der Waals surface area contributed by atoms with Crippen molar-refractivity contribution < 1.29 is 23.5 Å². The molecule has 1 aliphatic rings. The van der Waals surface area contributed by atoms with E-state index < -0.39 is 29.8 Å². The van der Waals surface area contributed by atoms with Crippen LogP contribution in [0, 0.1) is 11.7 Å². The van der Waals surface area contributed by atoms with Gasteiger partial charge in [0.2, 0.25) is 0 Å². The van der Waals surface area contributed by atoms with Gasteiger partial charge in [0.15, 0.2) is 0 Å². The first-order valence-corrected chi connectivity index (χ1v) is 7.69. The maximum Gasteiger partial charge on any atom is 0.341 e. The number of carbonyl (C=O) groups is 2. The second-order valence-corrected chi connectivity index (χ2v) is 5.85. The minimum atomic E-state index is -0.776. The summed E-state index contributed by atoms with van der Waals surface area (Å²) in [6.07, 6.45) is 0. The van der Waals surface area contributed by atoms with E-state index in [1.54, 1.807) is 6.92 Å². The van der Waals surface area contributed by atoms with Crippen LogP contribution >= 0.6 is 15.9 Å². The number of ether oxygens (including phenoxy) is 2. The van der Waals surface area contributed by atoms with Gasteiger partial charge in [0.05, 0.1) is 17.1 Å². The highest BCUT2D eigenvalue weighted by molar-refractivity contribution is 9.10. The first kappa shape index (κ1) is 17.6. The maximum atomic E-state index is 13.4. The lowest BCUT2D eigenvalue weighted by molar-refractivity contribution is -0.148. The lowest BCUT2D eigenvalue weighted by Crippen LogP contribution is -2.44. The third kappa shape index (κ3) is 4.14. The standard InChI is InChI=1S/C15H16BrFN2O4/c1-8-12(14(20)23-6-5-22-2)13(19-15(21)18-8)9-3-4-11(17)10(16)7-9/h3-4,7,12-13H,5-6H2,1-2H3,(H,19,21). The van der Waals surface area contributed by atoms with Crippen molar-refractivity contribution in [2.24, 2.45) is 10.9 Å². The summed E-state index contributed by atoms with van der Waals surface area (Å²) in [5, 5.41) is 2.63. The number of hydrogen-bond acceptors (Lipinski definition) is 4. The van der Waals surface area contributed by atoms with Crippen molar-refractivity contribution >= 4 is 33.6 Å². The number of hydrogen-bond donors (Lipinski definition) is 1. The second kappa shape index (κ2) is 7.65. The number of benzene rings is 1. The smallest absolute Gasteiger partial charge is 0.341 e. The summed E-state index contributed by atoms with van der Waals surface area (Å²) in [5.74, 6) is -1.73. The molecule has 1 N–H and O–H groups in total. The summed E-state index contributed by atoms with van der Waals surface area (Å²) in [6.45, 7) is 1.97. The lowest BCUT2D eigenvalue weighted by atomic mass is 9.88. The summed E-state index contributed by atoms with van der Waals surface area (Å²) in [4.78, 5) is 27.8. The maximum absolute atomic E-state index is 13.4. The van der Waals surface area contributed by atoms with Gasteiger partial charge in [-0.2, -0.15) is 0 Å². The fourth-order valence-electron chi connectivity index (χ4n) is 2.32. The Kier molecular flexibility index (Phi) is 5.84. The van der Waals surface area contributed by atoms with Gasteiger partial charge in [0.1, 0.15) is 18.3 Å². The monoisotopic (exact) mass is 386 g/mol. The molecular formula is C15H16BrFN2O4. The van der Waals surface area contributed by atoms with Crippen LogP contribution in [-0.4, -0.2) is 38.0 Å². The highest BCUT2D eigenvalue weighted by Crippen LogP contribution is 2.30. The largest absolute Gasteiger partial charge is 0.463 e. The number of halogens is 2. The van der Waals surface area contributed by atoms with Gasteiger partial charge in [-0.15, -0.1) is 0 Å². The topological polar surface area (TPSA) is 77.0 Å². The molecule has 2 unspecified atom stereocenters. The average Bonchev–Trinajstić information content (AvgIpc) is 2.49. The van der Waals surface area contributed by atoms with Crippen molar-refractivity contribution in [3.8, 4) is 0 Å². The van der Waals surface area contributed by atoms with Crippen LogP contribution in [-0.2, 0) is 14.3 Å². The van der Waals surface area contributed by atoms with Crippen LogP contribution in [0.1, 0.15) is 18.5 Å². The predicted molar refractivity (Wildman–Crippen MR) is 84.8 cm³/mol. The molecule has 8 heteroatoms. The third-order valence-corrected chi connectivity index (χ3v) is 4.04. The average molecular weight is 387 g/mol. The minimum absolute atomic E-state index is 0.104. The molecule has 6 nitrogen and oxygen atoms in total. The van der Waals surface area contributed by atoms with Gasteiger partial charge in [-0.3, -0.25) is 4.79 Å². The first-order chi connectivity index (χ1) is 10.9. The van der Waals surface area contributed by atoms with E-state index in [0.29, 0.717) is 11.3 Å². The number of esters is 1.